The molecule has 0 spiro atoms. The van der Waals surface area contributed by atoms with E-state index in [1.165, 1.54) is 12.1 Å². The zero-order valence-electron chi connectivity index (χ0n) is 7.34. The number of hydrogen-bond donors (Lipinski definition) is 1. The molecule has 0 aromatic heterocycles. The summed E-state index contributed by atoms with van der Waals surface area (Å²) >= 11 is 0. The summed E-state index contributed by atoms with van der Waals surface area (Å²) in [4.78, 5) is 0. The second-order valence-electron chi connectivity index (χ2n) is 3.08. The third-order valence-electron chi connectivity index (χ3n) is 2.04. The second kappa shape index (κ2) is 3.68. The van der Waals surface area contributed by atoms with Gasteiger partial charge in [0.15, 0.2) is 0 Å². The summed E-state index contributed by atoms with van der Waals surface area (Å²) in [6.07, 6.45) is 0. The normalized spacial score (nSPS) is 13.0. The molecule has 66 valence electrons. The Morgan fingerprint density at radius 1 is 1.50 bits per heavy atom. The highest BCUT2D eigenvalue weighted by Crippen LogP contribution is 2.19. The van der Waals surface area contributed by atoms with Crippen molar-refractivity contribution in [2.24, 2.45) is 0 Å². The minimum Gasteiger partial charge on any atom is -0.396 e. The van der Waals surface area contributed by atoms with Crippen LogP contribution in [0.15, 0.2) is 18.2 Å². The van der Waals surface area contributed by atoms with Crippen LogP contribution in [-0.2, 0) is 0 Å². The summed E-state index contributed by atoms with van der Waals surface area (Å²) in [6, 6.07) is 4.64. The number of rotatable bonds is 2. The molecule has 0 aliphatic carbocycles. The van der Waals surface area contributed by atoms with Crippen LogP contribution in [0.3, 0.4) is 0 Å². The van der Waals surface area contributed by atoms with Gasteiger partial charge in [-0.1, -0.05) is 13.0 Å². The van der Waals surface area contributed by atoms with Gasteiger partial charge in [-0.3, -0.25) is 0 Å². The fourth-order valence-corrected chi connectivity index (χ4v) is 1.29. The number of aliphatic hydroxyl groups excluding tert-OH is 1. The topological polar surface area (TPSA) is 20.2 Å². The Labute approximate surface area is 71.9 Å². The SMILES string of the molecule is Cc1cc(F)ccc1C(C)CO. The first-order valence-electron chi connectivity index (χ1n) is 4.02. The molecule has 2 heteroatoms. The standard InChI is InChI=1S/C10H13FO/c1-7-5-9(11)3-4-10(7)8(2)6-12/h3-5,8,12H,6H2,1-2H3. The maximum absolute atomic E-state index is 12.7. The average Bonchev–Trinajstić information content (AvgIpc) is 2.03. The van der Waals surface area contributed by atoms with Crippen LogP contribution in [0, 0.1) is 12.7 Å². The summed E-state index contributed by atoms with van der Waals surface area (Å²) < 4.78 is 12.7. The van der Waals surface area contributed by atoms with E-state index < -0.39 is 0 Å². The lowest BCUT2D eigenvalue weighted by Crippen LogP contribution is -2.01. The van der Waals surface area contributed by atoms with Crippen LogP contribution in [0.5, 0.6) is 0 Å². The number of aliphatic hydroxyl groups is 1. The predicted molar refractivity (Wildman–Crippen MR) is 46.6 cm³/mol. The van der Waals surface area contributed by atoms with Crippen LogP contribution < -0.4 is 0 Å². The zero-order valence-corrected chi connectivity index (χ0v) is 7.34. The van der Waals surface area contributed by atoms with Gasteiger partial charge in [-0.15, -0.1) is 0 Å². The lowest BCUT2D eigenvalue weighted by molar-refractivity contribution is 0.272. The molecule has 0 bridgehead atoms. The maximum atomic E-state index is 12.7. The van der Waals surface area contributed by atoms with Gasteiger partial charge in [0.25, 0.3) is 0 Å². The molecule has 1 nitrogen and oxygen atoms in total. The van der Waals surface area contributed by atoms with Gasteiger partial charge in [0, 0.05) is 12.5 Å². The predicted octanol–water partition coefficient (Wildman–Crippen LogP) is 2.23. The minimum atomic E-state index is -0.221. The monoisotopic (exact) mass is 168 g/mol. The molecule has 1 aromatic carbocycles. The van der Waals surface area contributed by atoms with E-state index in [2.05, 4.69) is 0 Å². The highest BCUT2D eigenvalue weighted by Gasteiger charge is 2.06. The second-order valence-corrected chi connectivity index (χ2v) is 3.08. The van der Waals surface area contributed by atoms with Crippen molar-refractivity contribution in [1.82, 2.24) is 0 Å². The molecule has 0 heterocycles. The van der Waals surface area contributed by atoms with Crippen molar-refractivity contribution in [3.8, 4) is 0 Å². The van der Waals surface area contributed by atoms with Gasteiger partial charge < -0.3 is 5.11 Å². The number of hydrogen-bond acceptors (Lipinski definition) is 1. The van der Waals surface area contributed by atoms with E-state index in [-0.39, 0.29) is 18.3 Å². The van der Waals surface area contributed by atoms with E-state index in [0.717, 1.165) is 11.1 Å². The van der Waals surface area contributed by atoms with Gasteiger partial charge in [-0.05, 0) is 30.2 Å². The molecule has 12 heavy (non-hydrogen) atoms. The van der Waals surface area contributed by atoms with Crippen LogP contribution in [0.25, 0.3) is 0 Å². The fraction of sp³-hybridized carbons (Fsp3) is 0.400. The van der Waals surface area contributed by atoms with Gasteiger partial charge >= 0.3 is 0 Å². The molecule has 0 saturated carbocycles. The number of halogens is 1. The minimum absolute atomic E-state index is 0.0885. The molecule has 0 aliphatic rings. The average molecular weight is 168 g/mol. The van der Waals surface area contributed by atoms with E-state index in [9.17, 15) is 4.39 Å². The molecule has 1 aromatic rings. The molecular formula is C10H13FO. The summed E-state index contributed by atoms with van der Waals surface area (Å²) in [5, 5.41) is 8.89. The molecule has 1 unspecified atom stereocenters. The van der Waals surface area contributed by atoms with Gasteiger partial charge in [0.2, 0.25) is 0 Å². The largest absolute Gasteiger partial charge is 0.396 e. The van der Waals surface area contributed by atoms with Crippen molar-refractivity contribution < 1.29 is 9.50 Å². The Kier molecular flexibility index (Phi) is 2.82. The van der Waals surface area contributed by atoms with Crippen LogP contribution in [0.4, 0.5) is 4.39 Å². The Bertz CT molecular complexity index is 271. The Hall–Kier alpha value is -0.890. The van der Waals surface area contributed by atoms with E-state index in [4.69, 9.17) is 5.11 Å². The Morgan fingerprint density at radius 3 is 2.67 bits per heavy atom. The molecule has 1 rings (SSSR count). The molecule has 1 N–H and O–H groups in total. The van der Waals surface area contributed by atoms with Crippen molar-refractivity contribution in [2.75, 3.05) is 6.61 Å². The van der Waals surface area contributed by atoms with Gasteiger partial charge in [0.05, 0.1) is 0 Å². The van der Waals surface area contributed by atoms with Crippen molar-refractivity contribution in [3.63, 3.8) is 0 Å². The van der Waals surface area contributed by atoms with Gasteiger partial charge in [0.1, 0.15) is 5.82 Å². The first-order valence-corrected chi connectivity index (χ1v) is 4.02. The van der Waals surface area contributed by atoms with E-state index in [0.29, 0.717) is 0 Å². The van der Waals surface area contributed by atoms with E-state index >= 15 is 0 Å². The first kappa shape index (κ1) is 9.20. The molecule has 0 saturated heterocycles. The van der Waals surface area contributed by atoms with E-state index in [1.807, 2.05) is 13.8 Å². The van der Waals surface area contributed by atoms with Gasteiger partial charge in [-0.25, -0.2) is 4.39 Å². The summed E-state index contributed by atoms with van der Waals surface area (Å²) in [6.45, 7) is 3.87. The summed E-state index contributed by atoms with van der Waals surface area (Å²) in [7, 11) is 0. The summed E-state index contributed by atoms with van der Waals surface area (Å²) in [5.74, 6) is -0.132. The highest BCUT2D eigenvalue weighted by molar-refractivity contribution is 5.29. The molecule has 0 aliphatic heterocycles. The number of aryl methyl sites for hydroxylation is 1. The van der Waals surface area contributed by atoms with E-state index in [1.54, 1.807) is 6.07 Å². The first-order chi connectivity index (χ1) is 5.65. The van der Waals surface area contributed by atoms with Gasteiger partial charge in [-0.2, -0.15) is 0 Å². The molecular weight excluding hydrogens is 155 g/mol. The third kappa shape index (κ3) is 1.83. The lowest BCUT2D eigenvalue weighted by Gasteiger charge is -2.11. The lowest BCUT2D eigenvalue weighted by atomic mass is 9.97. The van der Waals surface area contributed by atoms with Crippen LogP contribution in [0.2, 0.25) is 0 Å². The smallest absolute Gasteiger partial charge is 0.123 e. The van der Waals surface area contributed by atoms with Crippen molar-refractivity contribution in [1.29, 1.82) is 0 Å². The highest BCUT2D eigenvalue weighted by atomic mass is 19.1. The van der Waals surface area contributed by atoms with Crippen LogP contribution >= 0.6 is 0 Å². The van der Waals surface area contributed by atoms with Crippen LogP contribution in [-0.4, -0.2) is 11.7 Å². The Balaban J connectivity index is 3.01. The summed E-state index contributed by atoms with van der Waals surface area (Å²) in [5.41, 5.74) is 1.91. The Morgan fingerprint density at radius 2 is 2.17 bits per heavy atom. The molecule has 0 amide bonds. The molecule has 0 fully saturated rings. The quantitative estimate of drug-likeness (QED) is 0.718. The molecule has 1 atom stereocenters. The van der Waals surface area contributed by atoms with Crippen LogP contribution in [0.1, 0.15) is 24.0 Å². The number of benzene rings is 1. The zero-order chi connectivity index (χ0) is 9.14. The van der Waals surface area contributed by atoms with Crippen molar-refractivity contribution in [3.05, 3.63) is 35.1 Å². The van der Waals surface area contributed by atoms with Crippen molar-refractivity contribution in [2.45, 2.75) is 19.8 Å². The fourth-order valence-electron chi connectivity index (χ4n) is 1.29. The molecule has 0 radical (unpaired) electrons. The van der Waals surface area contributed by atoms with Crippen molar-refractivity contribution >= 4 is 0 Å². The maximum Gasteiger partial charge on any atom is 0.123 e. The third-order valence-corrected chi connectivity index (χ3v) is 2.04.